The first-order valence-electron chi connectivity index (χ1n) is 6.88. The van der Waals surface area contributed by atoms with Gasteiger partial charge in [-0.15, -0.1) is 11.3 Å². The molecule has 2 amide bonds. The first-order chi connectivity index (χ1) is 10.1. The summed E-state index contributed by atoms with van der Waals surface area (Å²) in [6, 6.07) is 1.97. The van der Waals surface area contributed by atoms with Crippen molar-refractivity contribution in [2.75, 3.05) is 26.7 Å². The lowest BCUT2D eigenvalue weighted by molar-refractivity contribution is -0.137. The number of hydrogen-bond acceptors (Lipinski definition) is 4. The minimum Gasteiger partial charge on any atom is -0.339 e. The van der Waals surface area contributed by atoms with Gasteiger partial charge in [-0.2, -0.15) is 0 Å². The van der Waals surface area contributed by atoms with Crippen molar-refractivity contribution >= 4 is 23.2 Å². The molecule has 0 unspecified atom stereocenters. The van der Waals surface area contributed by atoms with Crippen LogP contribution in [0, 0.1) is 11.8 Å². The van der Waals surface area contributed by atoms with Gasteiger partial charge in [-0.05, 0) is 12.5 Å². The molecule has 2 N–H and O–H groups in total. The predicted octanol–water partition coefficient (Wildman–Crippen LogP) is 0.639. The maximum Gasteiger partial charge on any atom is 0.242 e. The monoisotopic (exact) mass is 305 g/mol. The molecule has 5 nitrogen and oxygen atoms in total. The Balaban J connectivity index is 1.88. The SMILES string of the molecule is CN(Cc1cc(C#CCN)cs1)C(=O)CN1CCCC1=O. The average Bonchev–Trinajstić information content (AvgIpc) is 3.06. The Morgan fingerprint density at radius 2 is 2.38 bits per heavy atom. The van der Waals surface area contributed by atoms with Gasteiger partial charge >= 0.3 is 0 Å². The first-order valence-corrected chi connectivity index (χ1v) is 7.76. The normalized spacial score (nSPS) is 14.0. The molecule has 0 aliphatic carbocycles. The lowest BCUT2D eigenvalue weighted by Crippen LogP contribution is -2.38. The van der Waals surface area contributed by atoms with Crippen molar-refractivity contribution in [2.24, 2.45) is 5.73 Å². The molecule has 2 heterocycles. The van der Waals surface area contributed by atoms with Crippen LogP contribution in [0.5, 0.6) is 0 Å². The fourth-order valence-electron chi connectivity index (χ4n) is 2.16. The molecule has 1 aliphatic heterocycles. The van der Waals surface area contributed by atoms with E-state index >= 15 is 0 Å². The highest BCUT2D eigenvalue weighted by Crippen LogP contribution is 2.16. The Labute approximate surface area is 128 Å². The topological polar surface area (TPSA) is 66.6 Å². The molecule has 6 heteroatoms. The van der Waals surface area contributed by atoms with Crippen molar-refractivity contribution in [3.05, 3.63) is 21.9 Å². The molecule has 0 saturated carbocycles. The van der Waals surface area contributed by atoms with Crippen LogP contribution in [-0.2, 0) is 16.1 Å². The number of rotatable bonds is 4. The molecule has 1 fully saturated rings. The lowest BCUT2D eigenvalue weighted by atomic mass is 10.3. The van der Waals surface area contributed by atoms with E-state index in [4.69, 9.17) is 5.73 Å². The molecule has 2 rings (SSSR count). The zero-order chi connectivity index (χ0) is 15.2. The van der Waals surface area contributed by atoms with Crippen molar-refractivity contribution < 1.29 is 9.59 Å². The number of amides is 2. The Morgan fingerprint density at radius 3 is 3.05 bits per heavy atom. The number of likely N-dealkylation sites (tertiary alicyclic amines) is 1. The smallest absolute Gasteiger partial charge is 0.242 e. The van der Waals surface area contributed by atoms with Crippen LogP contribution in [0.15, 0.2) is 11.4 Å². The van der Waals surface area contributed by atoms with Crippen LogP contribution in [0.4, 0.5) is 0 Å². The fourth-order valence-corrected chi connectivity index (χ4v) is 3.03. The molecule has 1 aromatic heterocycles. The zero-order valence-electron chi connectivity index (χ0n) is 12.1. The van der Waals surface area contributed by atoms with Gasteiger partial charge < -0.3 is 15.5 Å². The van der Waals surface area contributed by atoms with E-state index in [9.17, 15) is 9.59 Å². The molecule has 1 aliphatic rings. The quantitative estimate of drug-likeness (QED) is 0.830. The summed E-state index contributed by atoms with van der Waals surface area (Å²) < 4.78 is 0. The number of hydrogen-bond donors (Lipinski definition) is 1. The van der Waals surface area contributed by atoms with E-state index in [1.807, 2.05) is 11.4 Å². The van der Waals surface area contributed by atoms with E-state index in [-0.39, 0.29) is 18.4 Å². The number of likely N-dealkylation sites (N-methyl/N-ethyl adjacent to an activating group) is 1. The zero-order valence-corrected chi connectivity index (χ0v) is 12.9. The van der Waals surface area contributed by atoms with Crippen LogP contribution in [0.25, 0.3) is 0 Å². The number of carbonyl (C=O) groups excluding carboxylic acids is 2. The van der Waals surface area contributed by atoms with Crippen LogP contribution in [-0.4, -0.2) is 48.3 Å². The van der Waals surface area contributed by atoms with Gasteiger partial charge in [0, 0.05) is 35.8 Å². The van der Waals surface area contributed by atoms with E-state index in [1.165, 1.54) is 0 Å². The first kappa shape index (κ1) is 15.5. The Morgan fingerprint density at radius 1 is 1.57 bits per heavy atom. The molecule has 21 heavy (non-hydrogen) atoms. The van der Waals surface area contributed by atoms with Crippen molar-refractivity contribution in [1.29, 1.82) is 0 Å². The lowest BCUT2D eigenvalue weighted by Gasteiger charge is -2.21. The Kier molecular flexibility index (Phi) is 5.37. The number of nitrogens with zero attached hydrogens (tertiary/aromatic N) is 2. The van der Waals surface area contributed by atoms with Gasteiger partial charge in [0.1, 0.15) is 0 Å². The summed E-state index contributed by atoms with van der Waals surface area (Å²) >= 11 is 1.57. The average molecular weight is 305 g/mol. The van der Waals surface area contributed by atoms with Gasteiger partial charge in [0.2, 0.25) is 11.8 Å². The second-order valence-corrected chi connectivity index (χ2v) is 5.97. The third kappa shape index (κ3) is 4.31. The standard InChI is InChI=1S/C15H19N3O2S/c1-17(15(20)10-18-7-3-5-14(18)19)9-13-8-12(11-21-13)4-2-6-16/h8,11H,3,5-7,9-10,16H2,1H3. The fraction of sp³-hybridized carbons (Fsp3) is 0.467. The maximum atomic E-state index is 12.1. The molecule has 0 radical (unpaired) electrons. The maximum absolute atomic E-state index is 12.1. The van der Waals surface area contributed by atoms with E-state index < -0.39 is 0 Å². The second-order valence-electron chi connectivity index (χ2n) is 4.98. The molecule has 0 atom stereocenters. The highest BCUT2D eigenvalue weighted by Gasteiger charge is 2.23. The molecular formula is C15H19N3O2S. The van der Waals surface area contributed by atoms with Gasteiger partial charge in [-0.1, -0.05) is 11.8 Å². The van der Waals surface area contributed by atoms with E-state index in [0.29, 0.717) is 26.1 Å². The van der Waals surface area contributed by atoms with Gasteiger partial charge in [0.15, 0.2) is 0 Å². The van der Waals surface area contributed by atoms with Crippen molar-refractivity contribution in [1.82, 2.24) is 9.80 Å². The summed E-state index contributed by atoms with van der Waals surface area (Å²) in [5.41, 5.74) is 6.26. The van der Waals surface area contributed by atoms with Gasteiger partial charge in [0.05, 0.1) is 19.6 Å². The summed E-state index contributed by atoms with van der Waals surface area (Å²) in [4.78, 5) is 28.0. The summed E-state index contributed by atoms with van der Waals surface area (Å²) in [5, 5.41) is 1.96. The summed E-state index contributed by atoms with van der Waals surface area (Å²) in [6.45, 7) is 1.75. The van der Waals surface area contributed by atoms with E-state index in [0.717, 1.165) is 16.9 Å². The molecule has 0 aromatic carbocycles. The molecule has 0 spiro atoms. The third-order valence-electron chi connectivity index (χ3n) is 3.30. The van der Waals surface area contributed by atoms with Gasteiger partial charge in [-0.25, -0.2) is 0 Å². The Hall–Kier alpha value is -1.84. The summed E-state index contributed by atoms with van der Waals surface area (Å²) in [7, 11) is 1.76. The van der Waals surface area contributed by atoms with Crippen molar-refractivity contribution in [2.45, 2.75) is 19.4 Å². The van der Waals surface area contributed by atoms with Gasteiger partial charge in [-0.3, -0.25) is 9.59 Å². The molecule has 0 bridgehead atoms. The molecular weight excluding hydrogens is 286 g/mol. The van der Waals surface area contributed by atoms with Crippen molar-refractivity contribution in [3.63, 3.8) is 0 Å². The van der Waals surface area contributed by atoms with Crippen LogP contribution in [0.3, 0.4) is 0 Å². The summed E-state index contributed by atoms with van der Waals surface area (Å²) in [6.07, 6.45) is 1.41. The molecule has 112 valence electrons. The van der Waals surface area contributed by atoms with Crippen LogP contribution >= 0.6 is 11.3 Å². The van der Waals surface area contributed by atoms with Crippen LogP contribution in [0.2, 0.25) is 0 Å². The number of thiophene rings is 1. The predicted molar refractivity (Wildman–Crippen MR) is 82.5 cm³/mol. The highest BCUT2D eigenvalue weighted by atomic mass is 32.1. The van der Waals surface area contributed by atoms with Crippen molar-refractivity contribution in [3.8, 4) is 11.8 Å². The van der Waals surface area contributed by atoms with E-state index in [2.05, 4.69) is 11.8 Å². The minimum absolute atomic E-state index is 0.0340. The highest BCUT2D eigenvalue weighted by molar-refractivity contribution is 7.10. The number of nitrogens with two attached hydrogens (primary N) is 1. The van der Waals surface area contributed by atoms with Gasteiger partial charge in [0.25, 0.3) is 0 Å². The Bertz CT molecular complexity index is 585. The minimum atomic E-state index is -0.0340. The molecule has 1 aromatic rings. The van der Waals surface area contributed by atoms with Crippen LogP contribution in [0.1, 0.15) is 23.3 Å². The molecule has 1 saturated heterocycles. The second kappa shape index (κ2) is 7.25. The van der Waals surface area contributed by atoms with Crippen LogP contribution < -0.4 is 5.73 Å². The number of carbonyl (C=O) groups is 2. The van der Waals surface area contributed by atoms with E-state index in [1.54, 1.807) is 28.2 Å². The third-order valence-corrected chi connectivity index (χ3v) is 4.23. The largest absolute Gasteiger partial charge is 0.339 e. The summed E-state index contributed by atoms with van der Waals surface area (Å²) in [5.74, 6) is 5.82.